The molecule has 21 heavy (non-hydrogen) atoms. The fourth-order valence-corrected chi connectivity index (χ4v) is 1.68. The zero-order chi connectivity index (χ0) is 14.7. The standard InChI is InChI=1S/C14H9N3O4/c18-17(19)11-5-3-10(4-6-11)14-16-15-13(21-14)8-7-12-2-1-9-20-12/h1-9H/b8-7+. The maximum absolute atomic E-state index is 10.6. The first-order valence-electron chi connectivity index (χ1n) is 6.02. The zero-order valence-corrected chi connectivity index (χ0v) is 10.7. The first-order chi connectivity index (χ1) is 10.2. The Kier molecular flexibility index (Phi) is 3.30. The molecule has 0 saturated heterocycles. The van der Waals surface area contributed by atoms with E-state index in [4.69, 9.17) is 8.83 Å². The van der Waals surface area contributed by atoms with Gasteiger partial charge < -0.3 is 8.83 Å². The number of furan rings is 1. The minimum atomic E-state index is -0.463. The Balaban J connectivity index is 1.79. The molecule has 0 N–H and O–H groups in total. The topological polar surface area (TPSA) is 95.2 Å². The van der Waals surface area contributed by atoms with Gasteiger partial charge in [0, 0.05) is 23.8 Å². The summed E-state index contributed by atoms with van der Waals surface area (Å²) < 4.78 is 10.6. The molecule has 0 aliphatic carbocycles. The highest BCUT2D eigenvalue weighted by Gasteiger charge is 2.09. The molecular weight excluding hydrogens is 274 g/mol. The minimum Gasteiger partial charge on any atom is -0.465 e. The van der Waals surface area contributed by atoms with Gasteiger partial charge in [-0.3, -0.25) is 10.1 Å². The van der Waals surface area contributed by atoms with E-state index in [0.29, 0.717) is 23.1 Å². The van der Waals surface area contributed by atoms with Gasteiger partial charge in [0.25, 0.3) is 5.69 Å². The highest BCUT2D eigenvalue weighted by atomic mass is 16.6. The van der Waals surface area contributed by atoms with Crippen molar-refractivity contribution in [1.82, 2.24) is 10.2 Å². The molecule has 0 unspecified atom stereocenters. The van der Waals surface area contributed by atoms with Crippen molar-refractivity contribution < 1.29 is 13.8 Å². The summed E-state index contributed by atoms with van der Waals surface area (Å²) in [5, 5.41) is 18.3. The largest absolute Gasteiger partial charge is 0.465 e. The molecule has 3 aromatic rings. The molecule has 104 valence electrons. The lowest BCUT2D eigenvalue weighted by Crippen LogP contribution is -1.87. The maximum Gasteiger partial charge on any atom is 0.269 e. The molecule has 0 bridgehead atoms. The van der Waals surface area contributed by atoms with Gasteiger partial charge in [-0.25, -0.2) is 0 Å². The molecule has 0 spiro atoms. The molecule has 0 radical (unpaired) electrons. The number of non-ortho nitro benzene ring substituents is 1. The number of nitrogens with zero attached hydrogens (tertiary/aromatic N) is 3. The lowest BCUT2D eigenvalue weighted by Gasteiger charge is -1.93. The Morgan fingerprint density at radius 1 is 1.10 bits per heavy atom. The zero-order valence-electron chi connectivity index (χ0n) is 10.7. The van der Waals surface area contributed by atoms with Crippen molar-refractivity contribution in [3.8, 4) is 11.5 Å². The highest BCUT2D eigenvalue weighted by Crippen LogP contribution is 2.21. The predicted octanol–water partition coefficient (Wildman–Crippen LogP) is 3.41. The van der Waals surface area contributed by atoms with E-state index in [2.05, 4.69) is 10.2 Å². The van der Waals surface area contributed by atoms with E-state index < -0.39 is 4.92 Å². The van der Waals surface area contributed by atoms with Crippen molar-refractivity contribution in [2.75, 3.05) is 0 Å². The van der Waals surface area contributed by atoms with Crippen LogP contribution in [-0.4, -0.2) is 15.1 Å². The molecule has 0 aliphatic heterocycles. The molecule has 0 saturated carbocycles. The van der Waals surface area contributed by atoms with Crippen LogP contribution >= 0.6 is 0 Å². The van der Waals surface area contributed by atoms with Crippen molar-refractivity contribution in [2.24, 2.45) is 0 Å². The van der Waals surface area contributed by atoms with Crippen LogP contribution in [0.3, 0.4) is 0 Å². The molecule has 2 aromatic heterocycles. The summed E-state index contributed by atoms with van der Waals surface area (Å²) in [5.41, 5.74) is 0.627. The van der Waals surface area contributed by atoms with E-state index in [9.17, 15) is 10.1 Å². The van der Waals surface area contributed by atoms with Crippen LogP contribution in [0.2, 0.25) is 0 Å². The van der Waals surface area contributed by atoms with Gasteiger partial charge in [0.05, 0.1) is 11.2 Å². The van der Waals surface area contributed by atoms with Gasteiger partial charge in [-0.15, -0.1) is 10.2 Å². The van der Waals surface area contributed by atoms with Gasteiger partial charge in [0.1, 0.15) is 5.76 Å². The second-order valence-electron chi connectivity index (χ2n) is 4.10. The molecule has 0 aliphatic rings. The van der Waals surface area contributed by atoms with Gasteiger partial charge in [-0.1, -0.05) is 0 Å². The smallest absolute Gasteiger partial charge is 0.269 e. The highest BCUT2D eigenvalue weighted by molar-refractivity contribution is 5.64. The van der Waals surface area contributed by atoms with Crippen LogP contribution in [0.1, 0.15) is 11.7 Å². The third kappa shape index (κ3) is 2.86. The molecule has 7 heteroatoms. The Bertz CT molecular complexity index is 773. The lowest BCUT2D eigenvalue weighted by atomic mass is 10.2. The number of rotatable bonds is 4. The second kappa shape index (κ2) is 5.41. The Labute approximate surface area is 118 Å². The molecule has 0 atom stereocenters. The average Bonchev–Trinajstić information content (AvgIpc) is 3.17. The van der Waals surface area contributed by atoms with Crippen LogP contribution in [-0.2, 0) is 0 Å². The molecule has 0 fully saturated rings. The molecule has 3 rings (SSSR count). The van der Waals surface area contributed by atoms with Crippen molar-refractivity contribution in [2.45, 2.75) is 0 Å². The van der Waals surface area contributed by atoms with E-state index in [1.807, 2.05) is 0 Å². The van der Waals surface area contributed by atoms with Crippen LogP contribution in [0, 0.1) is 10.1 Å². The predicted molar refractivity (Wildman–Crippen MR) is 74.0 cm³/mol. The maximum atomic E-state index is 10.6. The van der Waals surface area contributed by atoms with Crippen molar-refractivity contribution in [3.05, 3.63) is 64.4 Å². The summed E-state index contributed by atoms with van der Waals surface area (Å²) in [6.45, 7) is 0. The fourth-order valence-electron chi connectivity index (χ4n) is 1.68. The molecule has 7 nitrogen and oxygen atoms in total. The van der Waals surface area contributed by atoms with Crippen LogP contribution in [0.5, 0.6) is 0 Å². The first kappa shape index (κ1) is 12.8. The summed E-state index contributed by atoms with van der Waals surface area (Å²) in [7, 11) is 0. The van der Waals surface area contributed by atoms with Crippen molar-refractivity contribution >= 4 is 17.8 Å². The van der Waals surface area contributed by atoms with Gasteiger partial charge >= 0.3 is 0 Å². The Morgan fingerprint density at radius 2 is 1.90 bits per heavy atom. The lowest BCUT2D eigenvalue weighted by molar-refractivity contribution is -0.384. The third-order valence-corrected chi connectivity index (χ3v) is 2.70. The van der Waals surface area contributed by atoms with E-state index in [1.165, 1.54) is 12.1 Å². The Hall–Kier alpha value is -3.22. The van der Waals surface area contributed by atoms with E-state index in [0.717, 1.165) is 0 Å². The van der Waals surface area contributed by atoms with Crippen LogP contribution in [0.15, 0.2) is 51.5 Å². The van der Waals surface area contributed by atoms with Crippen LogP contribution in [0.4, 0.5) is 5.69 Å². The molecule has 0 amide bonds. The normalized spacial score (nSPS) is 11.0. The summed E-state index contributed by atoms with van der Waals surface area (Å²) in [4.78, 5) is 10.1. The fraction of sp³-hybridized carbons (Fsp3) is 0. The Morgan fingerprint density at radius 3 is 2.57 bits per heavy atom. The first-order valence-corrected chi connectivity index (χ1v) is 6.02. The monoisotopic (exact) mass is 283 g/mol. The SMILES string of the molecule is O=[N+]([O-])c1ccc(-c2nnc(/C=C/c3ccco3)o2)cc1. The van der Waals surface area contributed by atoms with Gasteiger partial charge in [-0.2, -0.15) is 0 Å². The summed E-state index contributed by atoms with van der Waals surface area (Å²) in [6, 6.07) is 9.47. The van der Waals surface area contributed by atoms with E-state index in [-0.39, 0.29) is 5.69 Å². The van der Waals surface area contributed by atoms with Gasteiger partial charge in [-0.05, 0) is 30.3 Å². The number of benzene rings is 1. The number of nitro groups is 1. The van der Waals surface area contributed by atoms with Crippen molar-refractivity contribution in [1.29, 1.82) is 0 Å². The molecule has 2 heterocycles. The van der Waals surface area contributed by atoms with Gasteiger partial charge in [0.2, 0.25) is 11.8 Å². The summed E-state index contributed by atoms with van der Waals surface area (Å²) >= 11 is 0. The van der Waals surface area contributed by atoms with Crippen LogP contribution in [0.25, 0.3) is 23.6 Å². The number of aromatic nitrogens is 2. The van der Waals surface area contributed by atoms with E-state index >= 15 is 0 Å². The molecular formula is C14H9N3O4. The second-order valence-corrected chi connectivity index (χ2v) is 4.10. The van der Waals surface area contributed by atoms with E-state index in [1.54, 1.807) is 42.7 Å². The minimum absolute atomic E-state index is 0.0104. The number of hydrogen-bond acceptors (Lipinski definition) is 6. The quantitative estimate of drug-likeness (QED) is 0.537. The number of hydrogen-bond donors (Lipinski definition) is 0. The third-order valence-electron chi connectivity index (χ3n) is 2.70. The van der Waals surface area contributed by atoms with Crippen molar-refractivity contribution in [3.63, 3.8) is 0 Å². The van der Waals surface area contributed by atoms with Gasteiger partial charge in [0.15, 0.2) is 0 Å². The number of nitro benzene ring substituents is 1. The molecule has 1 aromatic carbocycles. The summed E-state index contributed by atoms with van der Waals surface area (Å²) in [6.07, 6.45) is 4.89. The summed E-state index contributed by atoms with van der Waals surface area (Å²) in [5.74, 6) is 1.29. The average molecular weight is 283 g/mol. The van der Waals surface area contributed by atoms with Crippen LogP contribution < -0.4 is 0 Å².